The molecule has 0 bridgehead atoms. The van der Waals surface area contributed by atoms with E-state index >= 15 is 0 Å². The van der Waals surface area contributed by atoms with E-state index in [-0.39, 0.29) is 18.6 Å². The molecule has 1 amide bonds. The Balaban J connectivity index is 3.05. The maximum Gasteiger partial charge on any atom is 0.270 e. The summed E-state index contributed by atoms with van der Waals surface area (Å²) >= 11 is 0. The van der Waals surface area contributed by atoms with Crippen LogP contribution in [0.5, 0.6) is 0 Å². The van der Waals surface area contributed by atoms with Gasteiger partial charge in [0.05, 0.1) is 12.3 Å². The Bertz CT molecular complexity index is 425. The first-order valence-electron chi connectivity index (χ1n) is 7.46. The highest BCUT2D eigenvalue weighted by Gasteiger charge is 2.24. The molecule has 0 atom stereocenters. The second kappa shape index (κ2) is 7.94. The number of nitrogens with zero attached hydrogens (tertiary/aromatic N) is 2. The second-order valence-electron chi connectivity index (χ2n) is 5.04. The topological polar surface area (TPSA) is 71.5 Å². The number of aryl methyl sites for hydroxylation is 1. The molecule has 0 aliphatic heterocycles. The summed E-state index contributed by atoms with van der Waals surface area (Å²) in [4.78, 5) is 14.5. The Morgan fingerprint density at radius 1 is 1.40 bits per heavy atom. The Hall–Kier alpha value is -1.49. The molecule has 3 N–H and O–H groups in total. The Morgan fingerprint density at radius 2 is 2.05 bits per heavy atom. The van der Waals surface area contributed by atoms with Crippen molar-refractivity contribution in [1.29, 1.82) is 0 Å². The van der Waals surface area contributed by atoms with E-state index in [2.05, 4.69) is 20.8 Å². The van der Waals surface area contributed by atoms with Crippen molar-refractivity contribution in [2.75, 3.05) is 18.9 Å². The normalized spacial score (nSPS) is 11.1. The molecule has 0 spiro atoms. The number of amides is 1. The number of rotatable bonds is 8. The number of aliphatic hydroxyl groups is 1. The molecule has 1 aromatic rings. The second-order valence-corrected chi connectivity index (χ2v) is 5.04. The lowest BCUT2D eigenvalue weighted by molar-refractivity contribution is 0.0611. The van der Waals surface area contributed by atoms with Crippen LogP contribution in [0.15, 0.2) is 12.3 Å². The van der Waals surface area contributed by atoms with Gasteiger partial charge in [-0.25, -0.2) is 0 Å². The summed E-state index contributed by atoms with van der Waals surface area (Å²) < 4.78 is 1.91. The molecule has 1 rings (SSSR count). The van der Waals surface area contributed by atoms with Gasteiger partial charge in [0.15, 0.2) is 0 Å². The van der Waals surface area contributed by atoms with E-state index in [1.165, 1.54) is 0 Å². The third kappa shape index (κ3) is 3.76. The van der Waals surface area contributed by atoms with Crippen LogP contribution >= 0.6 is 0 Å². The highest BCUT2D eigenvalue weighted by atomic mass is 16.3. The zero-order valence-electron chi connectivity index (χ0n) is 12.8. The molecule has 1 aromatic heterocycles. The molecule has 0 fully saturated rings. The fourth-order valence-electron chi connectivity index (χ4n) is 2.57. The van der Waals surface area contributed by atoms with Gasteiger partial charge in [0.25, 0.3) is 5.91 Å². The molecule has 0 unspecified atom stereocenters. The number of hydrogen-bond acceptors (Lipinski definition) is 3. The van der Waals surface area contributed by atoms with Crippen molar-refractivity contribution in [3.05, 3.63) is 18.0 Å². The third-order valence-corrected chi connectivity index (χ3v) is 3.59. The van der Waals surface area contributed by atoms with E-state index in [4.69, 9.17) is 5.73 Å². The van der Waals surface area contributed by atoms with Gasteiger partial charge in [0.2, 0.25) is 0 Å². The van der Waals surface area contributed by atoms with E-state index in [9.17, 15) is 9.90 Å². The summed E-state index contributed by atoms with van der Waals surface area (Å²) in [6, 6.07) is 1.88. The van der Waals surface area contributed by atoms with Crippen LogP contribution in [0, 0.1) is 0 Å². The highest BCUT2D eigenvalue weighted by Crippen LogP contribution is 2.17. The molecule has 1 heterocycles. The molecular weight excluding hydrogens is 254 g/mol. The number of nitrogens with two attached hydrogens (primary N) is 1. The number of hydrogen-bond donors (Lipinski definition) is 2. The SMILES string of the molecule is CCCn1cc(N)cc1C(=O)N(CCO)C(CC)CC. The summed E-state index contributed by atoms with van der Waals surface area (Å²) in [5.74, 6) is -0.0436. The van der Waals surface area contributed by atoms with Crippen molar-refractivity contribution >= 4 is 11.6 Å². The first-order chi connectivity index (χ1) is 9.58. The average Bonchev–Trinajstić information content (AvgIpc) is 2.79. The predicted octanol–water partition coefficient (Wildman–Crippen LogP) is 2.10. The number of anilines is 1. The lowest BCUT2D eigenvalue weighted by Crippen LogP contribution is -2.42. The van der Waals surface area contributed by atoms with Crippen LogP contribution in [-0.2, 0) is 6.54 Å². The molecule has 20 heavy (non-hydrogen) atoms. The summed E-state index contributed by atoms with van der Waals surface area (Å²) in [6.45, 7) is 7.30. The molecule has 5 heteroatoms. The molecule has 0 saturated heterocycles. The van der Waals surface area contributed by atoms with Gasteiger partial charge in [0.1, 0.15) is 5.69 Å². The molecule has 0 radical (unpaired) electrons. The smallest absolute Gasteiger partial charge is 0.270 e. The minimum atomic E-state index is -0.0436. The Kier molecular flexibility index (Phi) is 6.58. The van der Waals surface area contributed by atoms with Gasteiger partial charge in [-0.1, -0.05) is 20.8 Å². The minimum Gasteiger partial charge on any atom is -0.397 e. The van der Waals surface area contributed by atoms with Gasteiger partial charge in [0, 0.05) is 25.3 Å². The summed E-state index contributed by atoms with van der Waals surface area (Å²) in [5.41, 5.74) is 7.04. The monoisotopic (exact) mass is 281 g/mol. The van der Waals surface area contributed by atoms with Crippen molar-refractivity contribution in [2.24, 2.45) is 0 Å². The molecule has 0 aliphatic carbocycles. The van der Waals surface area contributed by atoms with Gasteiger partial charge in [-0.05, 0) is 25.3 Å². The molecule has 5 nitrogen and oxygen atoms in total. The number of nitrogen functional groups attached to an aromatic ring is 1. The van der Waals surface area contributed by atoms with Crippen LogP contribution in [0.4, 0.5) is 5.69 Å². The van der Waals surface area contributed by atoms with Gasteiger partial charge in [-0.3, -0.25) is 4.79 Å². The van der Waals surface area contributed by atoms with Crippen LogP contribution in [0.2, 0.25) is 0 Å². The first-order valence-corrected chi connectivity index (χ1v) is 7.46. The zero-order valence-corrected chi connectivity index (χ0v) is 12.8. The molecule has 0 aliphatic rings. The first kappa shape index (κ1) is 16.6. The molecule has 0 saturated carbocycles. The summed E-state index contributed by atoms with van der Waals surface area (Å²) in [5, 5.41) is 9.22. The number of carbonyl (C=O) groups is 1. The third-order valence-electron chi connectivity index (χ3n) is 3.59. The summed E-state index contributed by atoms with van der Waals surface area (Å²) in [6.07, 6.45) is 4.51. The van der Waals surface area contributed by atoms with Crippen molar-refractivity contribution < 1.29 is 9.90 Å². The fourth-order valence-corrected chi connectivity index (χ4v) is 2.57. The Morgan fingerprint density at radius 3 is 2.55 bits per heavy atom. The van der Waals surface area contributed by atoms with Crippen molar-refractivity contribution in [3.63, 3.8) is 0 Å². The Labute approximate surface area is 121 Å². The summed E-state index contributed by atoms with van der Waals surface area (Å²) in [7, 11) is 0. The van der Waals surface area contributed by atoms with Crippen molar-refractivity contribution in [2.45, 2.75) is 52.6 Å². The van der Waals surface area contributed by atoms with Crippen LogP contribution < -0.4 is 5.73 Å². The average molecular weight is 281 g/mol. The lowest BCUT2D eigenvalue weighted by atomic mass is 10.1. The zero-order chi connectivity index (χ0) is 15.1. The van der Waals surface area contributed by atoms with Gasteiger partial charge >= 0.3 is 0 Å². The molecular formula is C15H27N3O2. The van der Waals surface area contributed by atoms with Gasteiger partial charge < -0.3 is 20.3 Å². The maximum atomic E-state index is 12.7. The predicted molar refractivity (Wildman–Crippen MR) is 81.6 cm³/mol. The van der Waals surface area contributed by atoms with Crippen molar-refractivity contribution in [1.82, 2.24) is 9.47 Å². The van der Waals surface area contributed by atoms with Crippen LogP contribution in [0.25, 0.3) is 0 Å². The van der Waals surface area contributed by atoms with Gasteiger partial charge in [-0.2, -0.15) is 0 Å². The standard InChI is InChI=1S/C15H27N3O2/c1-4-7-17-11-12(16)10-14(17)15(20)18(8-9-19)13(5-2)6-3/h10-11,13,19H,4-9,16H2,1-3H3. The lowest BCUT2D eigenvalue weighted by Gasteiger charge is -2.30. The van der Waals surface area contributed by atoms with Crippen molar-refractivity contribution in [3.8, 4) is 0 Å². The quantitative estimate of drug-likeness (QED) is 0.766. The van der Waals surface area contributed by atoms with Crippen LogP contribution in [-0.4, -0.2) is 39.7 Å². The van der Waals surface area contributed by atoms with Crippen LogP contribution in [0.3, 0.4) is 0 Å². The largest absolute Gasteiger partial charge is 0.397 e. The van der Waals surface area contributed by atoms with Crippen LogP contribution in [0.1, 0.15) is 50.5 Å². The minimum absolute atomic E-state index is 0.0216. The fraction of sp³-hybridized carbons (Fsp3) is 0.667. The number of aliphatic hydroxyl groups excluding tert-OH is 1. The van der Waals surface area contributed by atoms with E-state index in [1.807, 2.05) is 4.57 Å². The van der Waals surface area contributed by atoms with Gasteiger partial charge in [-0.15, -0.1) is 0 Å². The van der Waals surface area contributed by atoms with E-state index in [0.717, 1.165) is 25.8 Å². The molecule has 114 valence electrons. The molecule has 0 aromatic carbocycles. The number of carbonyl (C=O) groups excluding carboxylic acids is 1. The highest BCUT2D eigenvalue weighted by molar-refractivity contribution is 5.94. The van der Waals surface area contributed by atoms with E-state index in [1.54, 1.807) is 17.2 Å². The number of aromatic nitrogens is 1. The van der Waals surface area contributed by atoms with E-state index in [0.29, 0.717) is 17.9 Å². The van der Waals surface area contributed by atoms with E-state index < -0.39 is 0 Å². The maximum absolute atomic E-state index is 12.7.